The van der Waals surface area contributed by atoms with Crippen LogP contribution in [-0.4, -0.2) is 24.4 Å². The molecule has 5 heteroatoms. The van der Waals surface area contributed by atoms with Crippen LogP contribution >= 0.6 is 11.6 Å². The van der Waals surface area contributed by atoms with Gasteiger partial charge in [-0.05, 0) is 31.0 Å². The maximum absolute atomic E-state index is 11.8. The Labute approximate surface area is 124 Å². The minimum atomic E-state index is -0.178. The summed E-state index contributed by atoms with van der Waals surface area (Å²) >= 11 is 5.69. The van der Waals surface area contributed by atoms with Crippen molar-refractivity contribution < 1.29 is 9.59 Å². The van der Waals surface area contributed by atoms with Crippen molar-refractivity contribution in [1.29, 1.82) is 0 Å². The molecule has 0 aliphatic rings. The number of alkyl halides is 1. The van der Waals surface area contributed by atoms with Crippen molar-refractivity contribution in [3.8, 4) is 0 Å². The Morgan fingerprint density at radius 2 is 1.90 bits per heavy atom. The molecule has 1 aromatic rings. The molecule has 1 unspecified atom stereocenters. The number of carbonyl (C=O) groups excluding carboxylic acids is 2. The summed E-state index contributed by atoms with van der Waals surface area (Å²) in [6, 6.07) is 7.26. The molecule has 20 heavy (non-hydrogen) atoms. The highest BCUT2D eigenvalue weighted by Gasteiger charge is 2.08. The Balaban J connectivity index is 2.34. The number of amides is 2. The van der Waals surface area contributed by atoms with Gasteiger partial charge in [0, 0.05) is 30.5 Å². The summed E-state index contributed by atoms with van der Waals surface area (Å²) in [7, 11) is 0. The van der Waals surface area contributed by atoms with Gasteiger partial charge in [-0.15, -0.1) is 11.6 Å². The third-order valence-electron chi connectivity index (χ3n) is 3.03. The number of rotatable bonds is 7. The Morgan fingerprint density at radius 3 is 2.45 bits per heavy atom. The lowest BCUT2D eigenvalue weighted by Gasteiger charge is -2.11. The quantitative estimate of drug-likeness (QED) is 0.759. The maximum atomic E-state index is 11.8. The zero-order valence-electron chi connectivity index (χ0n) is 11.9. The van der Waals surface area contributed by atoms with Crippen LogP contribution in [0.1, 0.15) is 42.6 Å². The molecule has 0 aromatic heterocycles. The van der Waals surface area contributed by atoms with Gasteiger partial charge in [0.1, 0.15) is 0 Å². The second-order valence-electron chi connectivity index (χ2n) is 4.71. The molecule has 0 heterocycles. The number of carbonyl (C=O) groups is 2. The normalized spacial score (nSPS) is 11.8. The molecule has 0 radical (unpaired) electrons. The number of nitrogens with one attached hydrogen (secondary N) is 2. The molecule has 4 nitrogen and oxygen atoms in total. The van der Waals surface area contributed by atoms with Crippen molar-refractivity contribution in [1.82, 2.24) is 10.6 Å². The highest BCUT2D eigenvalue weighted by Crippen LogP contribution is 2.06. The fraction of sp³-hybridized carbons (Fsp3) is 0.467. The third-order valence-corrected chi connectivity index (χ3v) is 3.34. The van der Waals surface area contributed by atoms with Gasteiger partial charge in [-0.3, -0.25) is 9.59 Å². The lowest BCUT2D eigenvalue weighted by Crippen LogP contribution is -2.35. The molecule has 0 saturated heterocycles. The minimum Gasteiger partial charge on any atom is -0.354 e. The largest absolute Gasteiger partial charge is 0.354 e. The molecular weight excluding hydrogens is 276 g/mol. The fourth-order valence-electron chi connectivity index (χ4n) is 1.59. The molecule has 0 saturated carbocycles. The fourth-order valence-corrected chi connectivity index (χ4v) is 1.76. The Bertz CT molecular complexity index is 446. The van der Waals surface area contributed by atoms with Gasteiger partial charge < -0.3 is 10.6 Å². The van der Waals surface area contributed by atoms with Crippen LogP contribution in [0.5, 0.6) is 0 Å². The van der Waals surface area contributed by atoms with Crippen LogP contribution in [0.4, 0.5) is 0 Å². The highest BCUT2D eigenvalue weighted by atomic mass is 35.5. The van der Waals surface area contributed by atoms with Crippen molar-refractivity contribution in [2.45, 2.75) is 38.6 Å². The van der Waals surface area contributed by atoms with Gasteiger partial charge in [0.15, 0.2) is 0 Å². The van der Waals surface area contributed by atoms with E-state index in [4.69, 9.17) is 11.6 Å². The van der Waals surface area contributed by atoms with E-state index in [0.717, 1.165) is 12.0 Å². The van der Waals surface area contributed by atoms with Gasteiger partial charge in [0.05, 0.1) is 0 Å². The van der Waals surface area contributed by atoms with E-state index in [1.165, 1.54) is 0 Å². The molecule has 0 fully saturated rings. The van der Waals surface area contributed by atoms with Crippen molar-refractivity contribution >= 4 is 23.4 Å². The molecule has 0 spiro atoms. The number of hydrogen-bond donors (Lipinski definition) is 2. The Kier molecular flexibility index (Phi) is 7.09. The van der Waals surface area contributed by atoms with Crippen LogP contribution in [0.3, 0.4) is 0 Å². The molecule has 1 rings (SSSR count). The smallest absolute Gasteiger partial charge is 0.251 e. The van der Waals surface area contributed by atoms with E-state index >= 15 is 0 Å². The SMILES string of the molecule is CCC(C)NC(=O)CCNC(=O)c1ccc(CCl)cc1. The summed E-state index contributed by atoms with van der Waals surface area (Å²) in [6.45, 7) is 4.30. The van der Waals surface area contributed by atoms with Gasteiger partial charge in [-0.2, -0.15) is 0 Å². The summed E-state index contributed by atoms with van der Waals surface area (Å²) in [5.74, 6) is 0.206. The first-order valence-corrected chi connectivity index (χ1v) is 7.32. The van der Waals surface area contributed by atoms with E-state index in [0.29, 0.717) is 18.0 Å². The maximum Gasteiger partial charge on any atom is 0.251 e. The summed E-state index contributed by atoms with van der Waals surface area (Å²) in [6.07, 6.45) is 1.18. The van der Waals surface area contributed by atoms with Crippen LogP contribution in [0.15, 0.2) is 24.3 Å². The minimum absolute atomic E-state index is 0.0443. The zero-order valence-corrected chi connectivity index (χ0v) is 12.7. The van der Waals surface area contributed by atoms with E-state index in [1.54, 1.807) is 12.1 Å². The Hall–Kier alpha value is -1.55. The Morgan fingerprint density at radius 1 is 1.25 bits per heavy atom. The molecule has 0 aliphatic heterocycles. The summed E-state index contributed by atoms with van der Waals surface area (Å²) in [4.78, 5) is 23.4. The molecule has 0 bridgehead atoms. The van der Waals surface area contributed by atoms with Crippen LogP contribution in [0, 0.1) is 0 Å². The van der Waals surface area contributed by atoms with Gasteiger partial charge in [-0.25, -0.2) is 0 Å². The van der Waals surface area contributed by atoms with Crippen LogP contribution in [0.25, 0.3) is 0 Å². The van der Waals surface area contributed by atoms with Crippen LogP contribution in [-0.2, 0) is 10.7 Å². The van der Waals surface area contributed by atoms with Crippen LogP contribution < -0.4 is 10.6 Å². The summed E-state index contributed by atoms with van der Waals surface area (Å²) < 4.78 is 0. The molecule has 2 N–H and O–H groups in total. The van der Waals surface area contributed by atoms with Crippen LogP contribution in [0.2, 0.25) is 0 Å². The lowest BCUT2D eigenvalue weighted by molar-refractivity contribution is -0.121. The first kappa shape index (κ1) is 16.5. The van der Waals surface area contributed by atoms with Gasteiger partial charge in [0.2, 0.25) is 5.91 Å². The second-order valence-corrected chi connectivity index (χ2v) is 4.98. The topological polar surface area (TPSA) is 58.2 Å². The van der Waals surface area contributed by atoms with E-state index in [9.17, 15) is 9.59 Å². The molecule has 2 amide bonds. The summed E-state index contributed by atoms with van der Waals surface area (Å²) in [5.41, 5.74) is 1.54. The summed E-state index contributed by atoms with van der Waals surface area (Å²) in [5, 5.41) is 5.58. The van der Waals surface area contributed by atoms with E-state index in [-0.39, 0.29) is 24.3 Å². The van der Waals surface area contributed by atoms with Gasteiger partial charge in [0.25, 0.3) is 5.91 Å². The van der Waals surface area contributed by atoms with Crippen molar-refractivity contribution in [2.75, 3.05) is 6.54 Å². The molecule has 1 aromatic carbocycles. The molecule has 1 atom stereocenters. The zero-order chi connectivity index (χ0) is 15.0. The predicted molar refractivity (Wildman–Crippen MR) is 80.8 cm³/mol. The monoisotopic (exact) mass is 296 g/mol. The average molecular weight is 297 g/mol. The molecular formula is C15H21ClN2O2. The first-order valence-electron chi connectivity index (χ1n) is 6.79. The van der Waals surface area contributed by atoms with Crippen molar-refractivity contribution in [3.05, 3.63) is 35.4 Å². The van der Waals surface area contributed by atoms with Crippen molar-refractivity contribution in [3.63, 3.8) is 0 Å². The van der Waals surface area contributed by atoms with Crippen molar-refractivity contribution in [2.24, 2.45) is 0 Å². The third kappa shape index (κ3) is 5.61. The predicted octanol–water partition coefficient (Wildman–Crippen LogP) is 2.46. The number of halogens is 1. The van der Waals surface area contributed by atoms with E-state index in [2.05, 4.69) is 10.6 Å². The number of hydrogen-bond acceptors (Lipinski definition) is 2. The molecule has 110 valence electrons. The average Bonchev–Trinajstić information content (AvgIpc) is 2.47. The molecule has 0 aliphatic carbocycles. The second kappa shape index (κ2) is 8.59. The number of benzene rings is 1. The van der Waals surface area contributed by atoms with Gasteiger partial charge in [-0.1, -0.05) is 19.1 Å². The first-order chi connectivity index (χ1) is 9.56. The van der Waals surface area contributed by atoms with E-state index in [1.807, 2.05) is 26.0 Å². The van der Waals surface area contributed by atoms with E-state index < -0.39 is 0 Å². The highest BCUT2D eigenvalue weighted by molar-refractivity contribution is 6.17. The van der Waals surface area contributed by atoms with Gasteiger partial charge >= 0.3 is 0 Å². The standard InChI is InChI=1S/C15H21ClN2O2/c1-3-11(2)18-14(19)8-9-17-15(20)13-6-4-12(10-16)5-7-13/h4-7,11H,3,8-10H2,1-2H3,(H,17,20)(H,18,19). The lowest BCUT2D eigenvalue weighted by atomic mass is 10.1.